The van der Waals surface area contributed by atoms with E-state index in [0.29, 0.717) is 37.5 Å². The SMILES string of the molecule is CC(=O)Oc1cccc(C(=O)N2CCCN(C(=O)C3CC3)CC2)c1. The van der Waals surface area contributed by atoms with E-state index >= 15 is 0 Å². The highest BCUT2D eigenvalue weighted by Gasteiger charge is 2.34. The fourth-order valence-corrected chi connectivity index (χ4v) is 2.97. The Hall–Kier alpha value is -2.37. The van der Waals surface area contributed by atoms with Crippen molar-refractivity contribution in [2.75, 3.05) is 26.2 Å². The predicted molar refractivity (Wildman–Crippen MR) is 87.6 cm³/mol. The van der Waals surface area contributed by atoms with Crippen LogP contribution in [0.25, 0.3) is 0 Å². The lowest BCUT2D eigenvalue weighted by Gasteiger charge is -2.22. The molecule has 1 saturated carbocycles. The maximum absolute atomic E-state index is 12.7. The molecule has 0 radical (unpaired) electrons. The summed E-state index contributed by atoms with van der Waals surface area (Å²) in [5.41, 5.74) is 0.496. The van der Waals surface area contributed by atoms with Crippen LogP contribution in [-0.2, 0) is 9.59 Å². The molecule has 3 rings (SSSR count). The predicted octanol–water partition coefficient (Wildman–Crippen LogP) is 1.70. The summed E-state index contributed by atoms with van der Waals surface area (Å²) in [5, 5.41) is 0. The third kappa shape index (κ3) is 3.93. The molecule has 6 nitrogen and oxygen atoms in total. The lowest BCUT2D eigenvalue weighted by atomic mass is 10.2. The van der Waals surface area contributed by atoms with Gasteiger partial charge in [-0.15, -0.1) is 0 Å². The molecule has 1 aliphatic carbocycles. The van der Waals surface area contributed by atoms with Gasteiger partial charge in [-0.2, -0.15) is 0 Å². The number of nitrogens with zero attached hydrogens (tertiary/aromatic N) is 2. The summed E-state index contributed by atoms with van der Waals surface area (Å²) >= 11 is 0. The highest BCUT2D eigenvalue weighted by Crippen LogP contribution is 2.31. The topological polar surface area (TPSA) is 66.9 Å². The molecule has 2 fully saturated rings. The van der Waals surface area contributed by atoms with E-state index < -0.39 is 5.97 Å². The number of benzene rings is 1. The van der Waals surface area contributed by atoms with Crippen LogP contribution in [0.2, 0.25) is 0 Å². The summed E-state index contributed by atoms with van der Waals surface area (Å²) in [7, 11) is 0. The van der Waals surface area contributed by atoms with Crippen LogP contribution in [0.5, 0.6) is 5.75 Å². The molecule has 1 aromatic rings. The van der Waals surface area contributed by atoms with Gasteiger partial charge in [0.05, 0.1) is 0 Å². The molecule has 1 saturated heterocycles. The molecule has 1 aliphatic heterocycles. The highest BCUT2D eigenvalue weighted by molar-refractivity contribution is 5.94. The zero-order valence-corrected chi connectivity index (χ0v) is 13.9. The van der Waals surface area contributed by atoms with Gasteiger partial charge >= 0.3 is 5.97 Å². The molecule has 2 amide bonds. The van der Waals surface area contributed by atoms with Crippen LogP contribution in [0.4, 0.5) is 0 Å². The van der Waals surface area contributed by atoms with Gasteiger partial charge in [0.15, 0.2) is 0 Å². The second-order valence-corrected chi connectivity index (χ2v) is 6.37. The van der Waals surface area contributed by atoms with E-state index in [4.69, 9.17) is 4.74 Å². The standard InChI is InChI=1S/C18H22N2O4/c1-13(21)24-16-5-2-4-15(12-16)18(23)20-9-3-8-19(10-11-20)17(22)14-6-7-14/h2,4-5,12,14H,3,6-11H2,1H3. The Balaban J connectivity index is 1.64. The second kappa shape index (κ2) is 7.03. The first-order chi connectivity index (χ1) is 11.5. The molecule has 6 heteroatoms. The number of hydrogen-bond acceptors (Lipinski definition) is 4. The summed E-state index contributed by atoms with van der Waals surface area (Å²) in [6.45, 7) is 3.80. The minimum absolute atomic E-state index is 0.0928. The van der Waals surface area contributed by atoms with E-state index in [1.165, 1.54) is 6.92 Å². The maximum Gasteiger partial charge on any atom is 0.308 e. The van der Waals surface area contributed by atoms with Gasteiger partial charge < -0.3 is 14.5 Å². The van der Waals surface area contributed by atoms with Gasteiger partial charge in [0.2, 0.25) is 5.91 Å². The largest absolute Gasteiger partial charge is 0.427 e. The van der Waals surface area contributed by atoms with E-state index in [1.54, 1.807) is 29.2 Å². The zero-order chi connectivity index (χ0) is 17.1. The number of hydrogen-bond donors (Lipinski definition) is 0. The number of amides is 2. The average molecular weight is 330 g/mol. The normalized spacial score (nSPS) is 18.0. The van der Waals surface area contributed by atoms with Crippen LogP contribution in [0.3, 0.4) is 0 Å². The van der Waals surface area contributed by atoms with Crippen LogP contribution in [0.1, 0.15) is 36.5 Å². The minimum atomic E-state index is -0.413. The molecule has 0 spiro atoms. The molecule has 0 bridgehead atoms. The van der Waals surface area contributed by atoms with E-state index in [-0.39, 0.29) is 17.7 Å². The monoisotopic (exact) mass is 330 g/mol. The molecule has 0 aromatic heterocycles. The summed E-state index contributed by atoms with van der Waals surface area (Å²) in [4.78, 5) is 39.6. The molecule has 24 heavy (non-hydrogen) atoms. The molecule has 0 atom stereocenters. The third-order valence-corrected chi connectivity index (χ3v) is 4.36. The van der Waals surface area contributed by atoms with Gasteiger partial charge in [-0.05, 0) is 37.5 Å². The van der Waals surface area contributed by atoms with E-state index in [9.17, 15) is 14.4 Å². The lowest BCUT2D eigenvalue weighted by molar-refractivity contribution is -0.133. The Morgan fingerprint density at radius 3 is 2.46 bits per heavy atom. The number of ether oxygens (including phenoxy) is 1. The minimum Gasteiger partial charge on any atom is -0.427 e. The second-order valence-electron chi connectivity index (χ2n) is 6.37. The van der Waals surface area contributed by atoms with Gasteiger partial charge in [-0.3, -0.25) is 14.4 Å². The first-order valence-electron chi connectivity index (χ1n) is 8.41. The number of esters is 1. The Morgan fingerprint density at radius 1 is 1.04 bits per heavy atom. The Bertz CT molecular complexity index is 654. The maximum atomic E-state index is 12.7. The molecular weight excluding hydrogens is 308 g/mol. The summed E-state index contributed by atoms with van der Waals surface area (Å²) < 4.78 is 5.04. The van der Waals surface area contributed by atoms with Gasteiger partial charge in [0, 0.05) is 44.6 Å². The molecule has 2 aliphatic rings. The number of rotatable bonds is 3. The van der Waals surface area contributed by atoms with Crippen molar-refractivity contribution in [2.45, 2.75) is 26.2 Å². The van der Waals surface area contributed by atoms with Crippen molar-refractivity contribution in [3.8, 4) is 5.75 Å². The van der Waals surface area contributed by atoms with Crippen molar-refractivity contribution in [3.63, 3.8) is 0 Å². The third-order valence-electron chi connectivity index (χ3n) is 4.36. The van der Waals surface area contributed by atoms with Crippen molar-refractivity contribution >= 4 is 17.8 Å². The van der Waals surface area contributed by atoms with Gasteiger partial charge in [-0.1, -0.05) is 6.07 Å². The Kier molecular flexibility index (Phi) is 4.83. The Labute approximate surface area is 141 Å². The summed E-state index contributed by atoms with van der Waals surface area (Å²) in [5.74, 6) is 0.316. The van der Waals surface area contributed by atoms with Gasteiger partial charge in [0.1, 0.15) is 5.75 Å². The average Bonchev–Trinajstić information content (AvgIpc) is 3.39. The zero-order valence-electron chi connectivity index (χ0n) is 13.9. The summed E-state index contributed by atoms with van der Waals surface area (Å²) in [6.07, 6.45) is 2.79. The van der Waals surface area contributed by atoms with Gasteiger partial charge in [-0.25, -0.2) is 0 Å². The van der Waals surface area contributed by atoms with Crippen LogP contribution in [0.15, 0.2) is 24.3 Å². The van der Waals surface area contributed by atoms with Crippen LogP contribution in [0, 0.1) is 5.92 Å². The molecule has 128 valence electrons. The van der Waals surface area contributed by atoms with Crippen molar-refractivity contribution < 1.29 is 19.1 Å². The van der Waals surface area contributed by atoms with Crippen molar-refractivity contribution in [3.05, 3.63) is 29.8 Å². The van der Waals surface area contributed by atoms with Crippen molar-refractivity contribution in [1.82, 2.24) is 9.80 Å². The van der Waals surface area contributed by atoms with Crippen LogP contribution in [-0.4, -0.2) is 53.8 Å². The molecule has 0 N–H and O–H groups in total. The van der Waals surface area contributed by atoms with Crippen molar-refractivity contribution in [1.29, 1.82) is 0 Å². The quantitative estimate of drug-likeness (QED) is 0.625. The van der Waals surface area contributed by atoms with Crippen LogP contribution < -0.4 is 4.74 Å². The highest BCUT2D eigenvalue weighted by atomic mass is 16.5. The van der Waals surface area contributed by atoms with E-state index in [2.05, 4.69) is 0 Å². The molecular formula is C18H22N2O4. The first-order valence-corrected chi connectivity index (χ1v) is 8.41. The fourth-order valence-electron chi connectivity index (χ4n) is 2.97. The number of carbonyl (C=O) groups is 3. The Morgan fingerprint density at radius 2 is 1.75 bits per heavy atom. The fraction of sp³-hybridized carbons (Fsp3) is 0.500. The lowest BCUT2D eigenvalue weighted by Crippen LogP contribution is -2.38. The first kappa shape index (κ1) is 16.5. The molecule has 1 aromatic carbocycles. The summed E-state index contributed by atoms with van der Waals surface area (Å²) in [6, 6.07) is 6.65. The molecule has 1 heterocycles. The van der Waals surface area contributed by atoms with Crippen LogP contribution >= 0.6 is 0 Å². The van der Waals surface area contributed by atoms with E-state index in [0.717, 1.165) is 19.3 Å². The smallest absolute Gasteiger partial charge is 0.308 e. The van der Waals surface area contributed by atoms with Crippen molar-refractivity contribution in [2.24, 2.45) is 5.92 Å². The number of carbonyl (C=O) groups excluding carboxylic acids is 3. The van der Waals surface area contributed by atoms with E-state index in [1.807, 2.05) is 4.90 Å². The van der Waals surface area contributed by atoms with Gasteiger partial charge in [0.25, 0.3) is 5.91 Å². The molecule has 0 unspecified atom stereocenters.